The fourth-order valence-corrected chi connectivity index (χ4v) is 3.21. The average molecular weight is 354 g/mol. The second-order valence-electron chi connectivity index (χ2n) is 5.70. The van der Waals surface area contributed by atoms with Gasteiger partial charge in [0, 0.05) is 10.4 Å². The molecule has 0 saturated carbocycles. The smallest absolute Gasteiger partial charge is 0.180 e. The van der Waals surface area contributed by atoms with Gasteiger partial charge < -0.3 is 15.2 Å². The van der Waals surface area contributed by atoms with Crippen molar-refractivity contribution in [2.75, 3.05) is 18.9 Å². The summed E-state index contributed by atoms with van der Waals surface area (Å²) in [7, 11) is 0. The second kappa shape index (κ2) is 8.53. The normalized spacial score (nSPS) is 10.6. The van der Waals surface area contributed by atoms with Gasteiger partial charge in [0.1, 0.15) is 11.5 Å². The maximum atomic E-state index is 5.79. The van der Waals surface area contributed by atoms with Crippen molar-refractivity contribution in [1.29, 1.82) is 0 Å². The van der Waals surface area contributed by atoms with E-state index in [9.17, 15) is 0 Å². The molecule has 5 heteroatoms. The van der Waals surface area contributed by atoms with Gasteiger partial charge in [0.05, 0.1) is 18.9 Å². The Morgan fingerprint density at radius 3 is 2.04 bits per heavy atom. The quantitative estimate of drug-likeness (QED) is 0.582. The predicted octanol–water partition coefficient (Wildman–Crippen LogP) is 4.94. The number of nitrogens with two attached hydrogens (primary N) is 1. The van der Waals surface area contributed by atoms with Crippen molar-refractivity contribution in [1.82, 2.24) is 4.98 Å². The van der Waals surface area contributed by atoms with Crippen LogP contribution in [0.2, 0.25) is 0 Å². The topological polar surface area (TPSA) is 57.4 Å². The van der Waals surface area contributed by atoms with Crippen molar-refractivity contribution in [3.8, 4) is 22.8 Å². The molecule has 0 fully saturated rings. The maximum absolute atomic E-state index is 5.79. The average Bonchev–Trinajstić information content (AvgIpc) is 2.98. The first-order chi connectivity index (χ1) is 12.2. The summed E-state index contributed by atoms with van der Waals surface area (Å²) in [6.45, 7) is 3.42. The molecule has 0 bridgehead atoms. The standard InChI is InChI=1S/C20H22N2O2S/c1-15-19(22-20(21)25-15)16-9-11-18(12-10-16)24-14-6-5-13-23-17-7-3-2-4-8-17/h2-4,7-12H,5-6,13-14H2,1H3,(H2,21,22). The third-order valence-corrected chi connectivity index (χ3v) is 4.56. The number of unbranched alkanes of at least 4 members (excludes halogenated alkanes) is 1. The van der Waals surface area contributed by atoms with Gasteiger partial charge in [0.2, 0.25) is 0 Å². The Morgan fingerprint density at radius 1 is 0.880 bits per heavy atom. The van der Waals surface area contributed by atoms with Crippen LogP contribution in [-0.2, 0) is 0 Å². The number of aryl methyl sites for hydroxylation is 1. The van der Waals surface area contributed by atoms with Crippen molar-refractivity contribution in [2.24, 2.45) is 0 Å². The first-order valence-electron chi connectivity index (χ1n) is 8.36. The van der Waals surface area contributed by atoms with Crippen LogP contribution in [0, 0.1) is 6.92 Å². The molecule has 0 amide bonds. The molecule has 2 N–H and O–H groups in total. The van der Waals surface area contributed by atoms with E-state index in [1.807, 2.05) is 61.5 Å². The van der Waals surface area contributed by atoms with Gasteiger partial charge in [0.25, 0.3) is 0 Å². The van der Waals surface area contributed by atoms with Gasteiger partial charge in [-0.3, -0.25) is 0 Å². The largest absolute Gasteiger partial charge is 0.494 e. The first-order valence-corrected chi connectivity index (χ1v) is 9.18. The Hall–Kier alpha value is -2.53. The lowest BCUT2D eigenvalue weighted by atomic mass is 10.1. The predicted molar refractivity (Wildman–Crippen MR) is 103 cm³/mol. The van der Waals surface area contributed by atoms with E-state index in [0.717, 1.165) is 40.5 Å². The fraction of sp³-hybridized carbons (Fsp3) is 0.250. The van der Waals surface area contributed by atoms with Crippen LogP contribution in [0.3, 0.4) is 0 Å². The van der Waals surface area contributed by atoms with Crippen molar-refractivity contribution in [2.45, 2.75) is 19.8 Å². The number of hydrogen-bond donors (Lipinski definition) is 1. The maximum Gasteiger partial charge on any atom is 0.180 e. The summed E-state index contributed by atoms with van der Waals surface area (Å²) in [4.78, 5) is 5.50. The van der Waals surface area contributed by atoms with E-state index in [-0.39, 0.29) is 0 Å². The van der Waals surface area contributed by atoms with Crippen molar-refractivity contribution in [3.05, 3.63) is 59.5 Å². The Morgan fingerprint density at radius 2 is 1.48 bits per heavy atom. The molecule has 0 spiro atoms. The molecule has 0 radical (unpaired) electrons. The van der Waals surface area contributed by atoms with Crippen LogP contribution in [0.15, 0.2) is 54.6 Å². The summed E-state index contributed by atoms with van der Waals surface area (Å²) < 4.78 is 11.5. The van der Waals surface area contributed by atoms with Crippen LogP contribution in [0.4, 0.5) is 5.13 Å². The lowest BCUT2D eigenvalue weighted by Gasteiger charge is -2.08. The zero-order valence-corrected chi connectivity index (χ0v) is 15.1. The number of rotatable bonds is 8. The Bertz CT molecular complexity index is 785. The number of aromatic nitrogens is 1. The number of nitrogens with zero attached hydrogens (tertiary/aromatic N) is 1. The van der Waals surface area contributed by atoms with Crippen LogP contribution in [0.1, 0.15) is 17.7 Å². The molecule has 3 rings (SSSR count). The third kappa shape index (κ3) is 4.97. The highest BCUT2D eigenvalue weighted by atomic mass is 32.1. The van der Waals surface area contributed by atoms with Crippen molar-refractivity contribution >= 4 is 16.5 Å². The van der Waals surface area contributed by atoms with Crippen molar-refractivity contribution in [3.63, 3.8) is 0 Å². The number of anilines is 1. The summed E-state index contributed by atoms with van der Waals surface area (Å²) in [5.41, 5.74) is 7.78. The lowest BCUT2D eigenvalue weighted by Crippen LogP contribution is -2.02. The molecule has 130 valence electrons. The zero-order chi connectivity index (χ0) is 17.5. The highest BCUT2D eigenvalue weighted by molar-refractivity contribution is 7.15. The Labute approximate surface area is 152 Å². The molecule has 0 aliphatic heterocycles. The van der Waals surface area contributed by atoms with E-state index in [2.05, 4.69) is 4.98 Å². The van der Waals surface area contributed by atoms with Crippen LogP contribution in [0.5, 0.6) is 11.5 Å². The van der Waals surface area contributed by atoms with Crippen LogP contribution in [-0.4, -0.2) is 18.2 Å². The molecule has 0 unspecified atom stereocenters. The van der Waals surface area contributed by atoms with Gasteiger partial charge in [-0.1, -0.05) is 18.2 Å². The molecule has 0 aliphatic rings. The van der Waals surface area contributed by atoms with E-state index in [0.29, 0.717) is 18.3 Å². The highest BCUT2D eigenvalue weighted by Crippen LogP contribution is 2.29. The third-order valence-electron chi connectivity index (χ3n) is 3.76. The molecular weight excluding hydrogens is 332 g/mol. The SMILES string of the molecule is Cc1sc(N)nc1-c1ccc(OCCCCOc2ccccc2)cc1. The molecule has 25 heavy (non-hydrogen) atoms. The van der Waals surface area contributed by atoms with Gasteiger partial charge >= 0.3 is 0 Å². The number of hydrogen-bond acceptors (Lipinski definition) is 5. The van der Waals surface area contributed by atoms with Gasteiger partial charge in [0.15, 0.2) is 5.13 Å². The van der Waals surface area contributed by atoms with E-state index in [4.69, 9.17) is 15.2 Å². The minimum absolute atomic E-state index is 0.602. The van der Waals surface area contributed by atoms with E-state index in [1.54, 1.807) is 0 Å². The number of ether oxygens (including phenoxy) is 2. The number of nitrogen functional groups attached to an aromatic ring is 1. The van der Waals surface area contributed by atoms with Crippen LogP contribution < -0.4 is 15.2 Å². The molecule has 3 aromatic rings. The molecule has 4 nitrogen and oxygen atoms in total. The van der Waals surface area contributed by atoms with Crippen LogP contribution in [0.25, 0.3) is 11.3 Å². The Balaban J connectivity index is 1.39. The molecule has 0 atom stereocenters. The fourth-order valence-electron chi connectivity index (χ4n) is 2.49. The van der Waals surface area contributed by atoms with Crippen molar-refractivity contribution < 1.29 is 9.47 Å². The van der Waals surface area contributed by atoms with Crippen LogP contribution >= 0.6 is 11.3 Å². The highest BCUT2D eigenvalue weighted by Gasteiger charge is 2.08. The summed E-state index contributed by atoms with van der Waals surface area (Å²) in [6.07, 6.45) is 1.92. The van der Waals surface area contributed by atoms with Gasteiger partial charge in [-0.05, 0) is 56.2 Å². The van der Waals surface area contributed by atoms with E-state index in [1.165, 1.54) is 11.3 Å². The first kappa shape index (κ1) is 17.3. The van der Waals surface area contributed by atoms with Gasteiger partial charge in [-0.2, -0.15) is 0 Å². The minimum Gasteiger partial charge on any atom is -0.494 e. The zero-order valence-electron chi connectivity index (χ0n) is 14.3. The molecule has 0 saturated heterocycles. The molecule has 1 aromatic heterocycles. The van der Waals surface area contributed by atoms with E-state index < -0.39 is 0 Å². The van der Waals surface area contributed by atoms with Gasteiger partial charge in [-0.15, -0.1) is 11.3 Å². The number of benzene rings is 2. The molecule has 0 aliphatic carbocycles. The summed E-state index contributed by atoms with van der Waals surface area (Å²) in [5.74, 6) is 1.78. The lowest BCUT2D eigenvalue weighted by molar-refractivity contribution is 0.266. The van der Waals surface area contributed by atoms with E-state index >= 15 is 0 Å². The summed E-state index contributed by atoms with van der Waals surface area (Å²) in [5, 5.41) is 0.602. The number of thiazole rings is 1. The molecule has 1 heterocycles. The summed E-state index contributed by atoms with van der Waals surface area (Å²) >= 11 is 1.51. The monoisotopic (exact) mass is 354 g/mol. The minimum atomic E-state index is 0.602. The Kier molecular flexibility index (Phi) is 5.90. The number of para-hydroxylation sites is 1. The molecule has 2 aromatic carbocycles. The second-order valence-corrected chi connectivity index (χ2v) is 6.93. The summed E-state index contributed by atoms with van der Waals surface area (Å²) in [6, 6.07) is 17.9. The van der Waals surface area contributed by atoms with Gasteiger partial charge in [-0.25, -0.2) is 4.98 Å². The molecular formula is C20H22N2O2S.